The lowest BCUT2D eigenvalue weighted by atomic mass is 10.1. The smallest absolute Gasteiger partial charge is 0.340 e. The minimum atomic E-state index is -5.08. The first-order chi connectivity index (χ1) is 10.9. The number of aromatic amines is 1. The maximum atomic E-state index is 13.1. The van der Waals surface area contributed by atoms with Crippen molar-refractivity contribution in [3.05, 3.63) is 29.1 Å². The summed E-state index contributed by atoms with van der Waals surface area (Å²) in [5.74, 6) is -0.610. The van der Waals surface area contributed by atoms with Gasteiger partial charge in [-0.2, -0.15) is 26.3 Å². The number of fused-ring (bicyclic) bond motifs is 1. The van der Waals surface area contributed by atoms with Gasteiger partial charge in [0.2, 0.25) is 0 Å². The summed E-state index contributed by atoms with van der Waals surface area (Å²) >= 11 is 0. The first kappa shape index (κ1) is 17.0. The van der Waals surface area contributed by atoms with Gasteiger partial charge in [-0.25, -0.2) is 13.4 Å². The normalized spacial score (nSPS) is 21.5. The van der Waals surface area contributed by atoms with Crippen molar-refractivity contribution in [3.8, 4) is 0 Å². The molecule has 0 unspecified atom stereocenters. The number of hydrogen-bond acceptors (Lipinski definition) is 4. The summed E-state index contributed by atoms with van der Waals surface area (Å²) in [5.41, 5.74) is -4.37. The van der Waals surface area contributed by atoms with E-state index in [9.17, 15) is 34.8 Å². The second-order valence-electron chi connectivity index (χ2n) is 5.24. The monoisotopic (exact) mass is 373 g/mol. The zero-order valence-corrected chi connectivity index (χ0v) is 12.4. The van der Waals surface area contributed by atoms with E-state index >= 15 is 0 Å². The van der Waals surface area contributed by atoms with Crippen LogP contribution in [0.1, 0.15) is 22.3 Å². The van der Waals surface area contributed by atoms with Crippen LogP contribution in [0.5, 0.6) is 0 Å². The van der Waals surface area contributed by atoms with Crippen molar-refractivity contribution in [3.63, 3.8) is 0 Å². The van der Waals surface area contributed by atoms with Gasteiger partial charge in [0.1, 0.15) is 11.3 Å². The molecular weight excluding hydrogens is 364 g/mol. The third-order valence-corrected chi connectivity index (χ3v) is 5.44. The number of imidazole rings is 1. The number of aromatic nitrogens is 2. The zero-order valence-electron chi connectivity index (χ0n) is 11.6. The van der Waals surface area contributed by atoms with Crippen molar-refractivity contribution in [1.29, 1.82) is 0 Å². The molecule has 1 aliphatic heterocycles. The number of alkyl halides is 6. The molecule has 1 fully saturated rings. The Kier molecular flexibility index (Phi) is 3.61. The highest BCUT2D eigenvalue weighted by molar-refractivity contribution is 7.91. The first-order valence-electron chi connectivity index (χ1n) is 6.52. The molecule has 2 heterocycles. The highest BCUT2D eigenvalue weighted by Crippen LogP contribution is 2.40. The molecule has 0 saturated carbocycles. The van der Waals surface area contributed by atoms with Gasteiger partial charge in [0.05, 0.1) is 22.4 Å². The topological polar surface area (TPSA) is 74.8 Å². The SMILES string of the molecule is O=S1(=O)CCN[C@@H]1c1nc2c(C(F)(F)F)cc(C(F)(F)F)cc2[nH]1. The molecule has 1 aromatic carbocycles. The Bertz CT molecular complexity index is 900. The quantitative estimate of drug-likeness (QED) is 0.754. The summed E-state index contributed by atoms with van der Waals surface area (Å²) in [7, 11) is -3.68. The number of nitrogens with one attached hydrogen (secondary N) is 2. The van der Waals surface area contributed by atoms with Crippen molar-refractivity contribution in [2.75, 3.05) is 12.3 Å². The molecule has 2 aromatic rings. The van der Waals surface area contributed by atoms with Crippen LogP contribution >= 0.6 is 0 Å². The van der Waals surface area contributed by atoms with Gasteiger partial charge in [0, 0.05) is 6.54 Å². The maximum Gasteiger partial charge on any atom is 0.418 e. The predicted octanol–water partition coefficient (Wildman–Crippen LogP) is 2.62. The molecular formula is C12H9F6N3O2S. The molecule has 0 bridgehead atoms. The Morgan fingerprint density at radius 3 is 2.25 bits per heavy atom. The molecule has 132 valence electrons. The molecule has 1 aromatic heterocycles. The number of hydrogen-bond donors (Lipinski definition) is 2. The Morgan fingerprint density at radius 1 is 1.08 bits per heavy atom. The summed E-state index contributed by atoms with van der Waals surface area (Å²) in [6, 6.07) is 0.437. The summed E-state index contributed by atoms with van der Waals surface area (Å²) < 4.78 is 101. The lowest BCUT2D eigenvalue weighted by molar-refractivity contribution is -0.142. The van der Waals surface area contributed by atoms with Gasteiger partial charge in [-0.05, 0) is 12.1 Å². The van der Waals surface area contributed by atoms with E-state index in [1.807, 2.05) is 0 Å². The van der Waals surface area contributed by atoms with Crippen LogP contribution in [0, 0.1) is 0 Å². The van der Waals surface area contributed by atoms with Crippen LogP contribution in [0.15, 0.2) is 12.1 Å². The number of sulfone groups is 1. The number of benzene rings is 1. The lowest BCUT2D eigenvalue weighted by Crippen LogP contribution is -2.19. The molecule has 24 heavy (non-hydrogen) atoms. The highest BCUT2D eigenvalue weighted by Gasteiger charge is 2.40. The molecule has 3 rings (SSSR count). The summed E-state index contributed by atoms with van der Waals surface area (Å²) in [6.07, 6.45) is -10.1. The van der Waals surface area contributed by atoms with Crippen molar-refractivity contribution < 1.29 is 34.8 Å². The lowest BCUT2D eigenvalue weighted by Gasteiger charge is -2.11. The van der Waals surface area contributed by atoms with Crippen molar-refractivity contribution in [2.24, 2.45) is 0 Å². The zero-order chi connectivity index (χ0) is 17.9. The van der Waals surface area contributed by atoms with Gasteiger partial charge in [0.15, 0.2) is 15.2 Å². The first-order valence-corrected chi connectivity index (χ1v) is 8.24. The minimum absolute atomic E-state index is 0.0382. The van der Waals surface area contributed by atoms with Gasteiger partial charge in [-0.1, -0.05) is 0 Å². The molecule has 1 saturated heterocycles. The Labute approximate surface area is 131 Å². The van der Waals surface area contributed by atoms with Gasteiger partial charge < -0.3 is 4.98 Å². The van der Waals surface area contributed by atoms with E-state index < -0.39 is 49.7 Å². The number of nitrogens with zero attached hydrogens (tertiary/aromatic N) is 1. The van der Waals surface area contributed by atoms with Crippen LogP contribution in [-0.2, 0) is 22.2 Å². The number of H-pyrrole nitrogens is 1. The molecule has 1 aliphatic rings. The van der Waals surface area contributed by atoms with Crippen molar-refractivity contribution in [2.45, 2.75) is 17.7 Å². The molecule has 0 radical (unpaired) electrons. The Hall–Kier alpha value is -1.82. The highest BCUT2D eigenvalue weighted by atomic mass is 32.2. The van der Waals surface area contributed by atoms with E-state index in [2.05, 4.69) is 15.3 Å². The van der Waals surface area contributed by atoms with Crippen LogP contribution in [0.2, 0.25) is 0 Å². The van der Waals surface area contributed by atoms with E-state index in [0.717, 1.165) is 0 Å². The fourth-order valence-corrected chi connectivity index (χ4v) is 3.95. The van der Waals surface area contributed by atoms with Crippen LogP contribution in [-0.4, -0.2) is 30.7 Å². The van der Waals surface area contributed by atoms with Crippen LogP contribution in [0.3, 0.4) is 0 Å². The Balaban J connectivity index is 2.25. The molecule has 0 amide bonds. The minimum Gasteiger partial charge on any atom is -0.340 e. The third kappa shape index (κ3) is 2.83. The second-order valence-corrected chi connectivity index (χ2v) is 7.44. The standard InChI is InChI=1S/C12H9F6N3O2S/c13-11(14,15)5-3-6(12(16,17)18)8-7(4-5)20-9(21-8)10-19-1-2-24(10,22)23/h3-4,10,19H,1-2H2,(H,20,21)/t10-/m0/s1. The van der Waals surface area contributed by atoms with E-state index in [-0.39, 0.29) is 24.2 Å². The van der Waals surface area contributed by atoms with E-state index in [1.165, 1.54) is 0 Å². The summed E-state index contributed by atoms with van der Waals surface area (Å²) in [5, 5.41) is 1.17. The fourth-order valence-electron chi connectivity index (χ4n) is 2.48. The van der Waals surface area contributed by atoms with Gasteiger partial charge in [-0.3, -0.25) is 5.32 Å². The second kappa shape index (κ2) is 5.09. The molecule has 12 heteroatoms. The largest absolute Gasteiger partial charge is 0.418 e. The average Bonchev–Trinajstić information content (AvgIpc) is 2.96. The molecule has 0 aliphatic carbocycles. The predicted molar refractivity (Wildman–Crippen MR) is 70.6 cm³/mol. The maximum absolute atomic E-state index is 13.1. The van der Waals surface area contributed by atoms with Crippen LogP contribution in [0.4, 0.5) is 26.3 Å². The molecule has 2 N–H and O–H groups in total. The van der Waals surface area contributed by atoms with Crippen molar-refractivity contribution in [1.82, 2.24) is 15.3 Å². The van der Waals surface area contributed by atoms with Gasteiger partial charge in [-0.15, -0.1) is 0 Å². The van der Waals surface area contributed by atoms with E-state index in [0.29, 0.717) is 6.07 Å². The summed E-state index contributed by atoms with van der Waals surface area (Å²) in [4.78, 5) is 5.86. The molecule has 5 nitrogen and oxygen atoms in total. The van der Waals surface area contributed by atoms with Gasteiger partial charge >= 0.3 is 12.4 Å². The number of halogens is 6. The van der Waals surface area contributed by atoms with Gasteiger partial charge in [0.25, 0.3) is 0 Å². The fraction of sp³-hybridized carbons (Fsp3) is 0.417. The third-order valence-electron chi connectivity index (χ3n) is 3.56. The van der Waals surface area contributed by atoms with E-state index in [4.69, 9.17) is 0 Å². The van der Waals surface area contributed by atoms with Crippen molar-refractivity contribution >= 4 is 20.9 Å². The molecule has 0 spiro atoms. The molecule has 1 atom stereocenters. The van der Waals surface area contributed by atoms with E-state index in [1.54, 1.807) is 0 Å². The summed E-state index contributed by atoms with van der Waals surface area (Å²) in [6.45, 7) is 0.0734. The van der Waals surface area contributed by atoms with Crippen LogP contribution in [0.25, 0.3) is 11.0 Å². The average molecular weight is 373 g/mol. The van der Waals surface area contributed by atoms with Crippen LogP contribution < -0.4 is 5.32 Å². The Morgan fingerprint density at radius 2 is 1.75 bits per heavy atom. The number of rotatable bonds is 1.